The molecule has 2 aromatic carbocycles. The topological polar surface area (TPSA) is 288 Å². The molecule has 5 rings (SSSR count). The van der Waals surface area contributed by atoms with E-state index in [1.54, 1.807) is 102 Å². The van der Waals surface area contributed by atoms with E-state index in [4.69, 9.17) is 28.4 Å². The maximum absolute atomic E-state index is 14.6. The number of amides is 8. The van der Waals surface area contributed by atoms with Crippen molar-refractivity contribution in [3.63, 3.8) is 0 Å². The molecule has 12 atom stereocenters. The fourth-order valence-electron chi connectivity index (χ4n) is 9.28. The number of ether oxygens (including phenoxy) is 6. The number of nitrogens with one attached hydrogen (secondary N) is 8. The average molecular weight is 1070 g/mol. The van der Waals surface area contributed by atoms with Gasteiger partial charge in [-0.15, -0.1) is 0 Å². The molecule has 420 valence electrons. The van der Waals surface area contributed by atoms with Crippen LogP contribution >= 0.6 is 0 Å². The SMILES string of the molecule is CO[C@@H]1[C@H](NC(=O)OC(C)(C)C)[C@H]2CNC(=O)[C@H](CC(C)C)NC(=O)[C@H](Cc3ccccc3)NC(=O)[C@H]3O[C@H](CNC(=O)[C@H](CC(C)C)NC(=O)[C@H](Cc4ccccc4)NC(=O)[C@H]1O2)[C@@H](NC(=O)OC(C)(C)C)[C@H]3OC. The number of carbonyl (C=O) groups excluding carboxylic acids is 8. The largest absolute Gasteiger partial charge is 0.444 e. The first-order valence-electron chi connectivity index (χ1n) is 26.0. The van der Waals surface area contributed by atoms with Gasteiger partial charge in [-0.3, -0.25) is 28.8 Å². The van der Waals surface area contributed by atoms with Crippen LogP contribution in [0.1, 0.15) is 93.2 Å². The first kappa shape index (κ1) is 60.5. The Hall–Kier alpha value is -6.36. The summed E-state index contributed by atoms with van der Waals surface area (Å²) in [6.07, 6.45) is -9.08. The number of fused-ring (bicyclic) bond motifs is 4. The van der Waals surface area contributed by atoms with E-state index >= 15 is 0 Å². The Balaban J connectivity index is 1.59. The molecular formula is C54H80N8O14. The Bertz CT molecular complexity index is 2150. The first-order chi connectivity index (χ1) is 35.7. The summed E-state index contributed by atoms with van der Waals surface area (Å²) in [6.45, 7) is 16.9. The molecule has 3 heterocycles. The third-order valence-electron chi connectivity index (χ3n) is 12.6. The van der Waals surface area contributed by atoms with Gasteiger partial charge in [0.1, 0.15) is 47.6 Å². The van der Waals surface area contributed by atoms with Crippen molar-refractivity contribution in [1.82, 2.24) is 42.5 Å². The molecule has 2 aromatic rings. The van der Waals surface area contributed by atoms with Crippen LogP contribution in [0.25, 0.3) is 0 Å². The molecule has 22 nitrogen and oxygen atoms in total. The van der Waals surface area contributed by atoms with E-state index in [0.717, 1.165) is 0 Å². The molecule has 8 N–H and O–H groups in total. The van der Waals surface area contributed by atoms with Crippen molar-refractivity contribution in [3.8, 4) is 0 Å². The summed E-state index contributed by atoms with van der Waals surface area (Å²) in [6, 6.07) is 10.6. The number of hydrogen-bond donors (Lipinski definition) is 8. The quantitative estimate of drug-likeness (QED) is 0.151. The Morgan fingerprint density at radius 3 is 1.16 bits per heavy atom. The van der Waals surface area contributed by atoms with Gasteiger partial charge in [0, 0.05) is 40.2 Å². The van der Waals surface area contributed by atoms with Gasteiger partial charge in [0.15, 0.2) is 12.2 Å². The number of carbonyl (C=O) groups is 8. The van der Waals surface area contributed by atoms with E-state index in [0.29, 0.717) is 11.1 Å². The molecule has 4 bridgehead atoms. The number of hydrogen-bond acceptors (Lipinski definition) is 14. The summed E-state index contributed by atoms with van der Waals surface area (Å²) in [7, 11) is 2.64. The third-order valence-corrected chi connectivity index (χ3v) is 12.6. The lowest BCUT2D eigenvalue weighted by Gasteiger charge is -2.28. The third kappa shape index (κ3) is 17.9. The van der Waals surface area contributed by atoms with Crippen molar-refractivity contribution in [1.29, 1.82) is 0 Å². The second-order valence-electron chi connectivity index (χ2n) is 22.3. The number of alkyl carbamates (subject to hydrolysis) is 2. The van der Waals surface area contributed by atoms with Gasteiger partial charge in [-0.1, -0.05) is 88.4 Å². The zero-order chi connectivity index (χ0) is 56.1. The van der Waals surface area contributed by atoms with E-state index in [9.17, 15) is 38.4 Å². The van der Waals surface area contributed by atoms with E-state index in [2.05, 4.69) is 42.5 Å². The second kappa shape index (κ2) is 27.1. The summed E-state index contributed by atoms with van der Waals surface area (Å²) >= 11 is 0. The van der Waals surface area contributed by atoms with Gasteiger partial charge in [0.2, 0.25) is 23.6 Å². The predicted molar refractivity (Wildman–Crippen MR) is 278 cm³/mol. The Morgan fingerprint density at radius 2 is 0.855 bits per heavy atom. The zero-order valence-electron chi connectivity index (χ0n) is 45.8. The number of benzene rings is 2. The maximum atomic E-state index is 14.6. The van der Waals surface area contributed by atoms with E-state index in [-0.39, 0.29) is 50.6 Å². The van der Waals surface area contributed by atoms with Crippen LogP contribution < -0.4 is 42.5 Å². The smallest absolute Gasteiger partial charge is 0.408 e. The molecule has 3 fully saturated rings. The van der Waals surface area contributed by atoms with Crippen LogP contribution in [0.4, 0.5) is 9.59 Å². The minimum atomic E-state index is -1.47. The molecule has 0 saturated carbocycles. The molecule has 0 radical (unpaired) electrons. The average Bonchev–Trinajstić information content (AvgIpc) is 3.86. The van der Waals surface area contributed by atoms with Crippen LogP contribution in [0.15, 0.2) is 60.7 Å². The highest BCUT2D eigenvalue weighted by atomic mass is 16.6. The molecule has 0 aromatic heterocycles. The fourth-order valence-corrected chi connectivity index (χ4v) is 9.28. The fraction of sp³-hybridized carbons (Fsp3) is 0.630. The standard InChI is InChI=1S/C54H80N8O14/c1-29(2)23-33-45(63)55-27-37-39(61-51(69)75-53(5,6)7)41(71-11)44(73-37)50(68)60-36(26-32-21-17-14-18-22-32)48(66)58-34(24-30(3)4)46(64)56-28-38-40(62-52(70)76-54(8,9)10)42(72-12)43(74-38)49(67)59-35(47(65)57-33)25-31-19-15-13-16-20-31/h13-22,29-30,33-44H,23-28H2,1-12H3,(H,55,63)(H,56,64)(H,57,65)(H,58,66)(H,59,67)(H,60,68)(H,61,69)(H,62,70)/t33-,34-,35-,36-,37+,38+,39+,40+,41+,42+,43-,44-/m0/s1. The number of methoxy groups -OCH3 is 2. The summed E-state index contributed by atoms with van der Waals surface area (Å²) < 4.78 is 35.6. The normalized spacial score (nSPS) is 28.4. The van der Waals surface area contributed by atoms with Crippen LogP contribution in [0.3, 0.4) is 0 Å². The van der Waals surface area contributed by atoms with Crippen LogP contribution in [-0.4, -0.2) is 159 Å². The lowest BCUT2D eigenvalue weighted by Crippen LogP contribution is -2.59. The molecular weight excluding hydrogens is 985 g/mol. The predicted octanol–water partition coefficient (Wildman–Crippen LogP) is 2.10. The van der Waals surface area contributed by atoms with Crippen LogP contribution in [0.5, 0.6) is 0 Å². The van der Waals surface area contributed by atoms with E-state index < -0.39 is 132 Å². The van der Waals surface area contributed by atoms with E-state index in [1.165, 1.54) is 14.2 Å². The minimum absolute atomic E-state index is 0.0250. The van der Waals surface area contributed by atoms with Gasteiger partial charge in [0.05, 0.1) is 24.3 Å². The summed E-state index contributed by atoms with van der Waals surface area (Å²) in [4.78, 5) is 114. The molecule has 76 heavy (non-hydrogen) atoms. The van der Waals surface area contributed by atoms with Gasteiger partial charge < -0.3 is 71.0 Å². The maximum Gasteiger partial charge on any atom is 0.408 e. The Kier molecular flexibility index (Phi) is 21.6. The molecule has 0 unspecified atom stereocenters. The highest BCUT2D eigenvalue weighted by Crippen LogP contribution is 2.27. The lowest BCUT2D eigenvalue weighted by molar-refractivity contribution is -0.141. The Morgan fingerprint density at radius 1 is 0.526 bits per heavy atom. The van der Waals surface area contributed by atoms with Gasteiger partial charge in [-0.05, 0) is 77.3 Å². The summed E-state index contributed by atoms with van der Waals surface area (Å²) in [5.41, 5.74) is -0.507. The lowest BCUT2D eigenvalue weighted by atomic mass is 9.99. The monoisotopic (exact) mass is 1060 g/mol. The van der Waals surface area contributed by atoms with Crippen molar-refractivity contribution in [2.45, 2.75) is 179 Å². The first-order valence-corrected chi connectivity index (χ1v) is 26.0. The second-order valence-corrected chi connectivity index (χ2v) is 22.3. The molecule has 0 spiro atoms. The molecule has 3 aliphatic rings. The van der Waals surface area contributed by atoms with Crippen molar-refractivity contribution in [2.24, 2.45) is 11.8 Å². The van der Waals surface area contributed by atoms with Gasteiger partial charge >= 0.3 is 12.2 Å². The van der Waals surface area contributed by atoms with Crippen molar-refractivity contribution in [3.05, 3.63) is 71.8 Å². The van der Waals surface area contributed by atoms with Crippen molar-refractivity contribution in [2.75, 3.05) is 27.3 Å². The zero-order valence-corrected chi connectivity index (χ0v) is 45.8. The summed E-state index contributed by atoms with van der Waals surface area (Å²) in [5.74, 6) is -4.58. The molecule has 0 aliphatic carbocycles. The van der Waals surface area contributed by atoms with Gasteiger partial charge in [0.25, 0.3) is 11.8 Å². The van der Waals surface area contributed by atoms with Crippen LogP contribution in [-0.2, 0) is 70.0 Å². The van der Waals surface area contributed by atoms with Crippen molar-refractivity contribution < 1.29 is 66.8 Å². The van der Waals surface area contributed by atoms with Crippen LogP contribution in [0.2, 0.25) is 0 Å². The highest BCUT2D eigenvalue weighted by Gasteiger charge is 2.52. The molecule has 8 amide bonds. The van der Waals surface area contributed by atoms with E-state index in [1.807, 2.05) is 27.7 Å². The minimum Gasteiger partial charge on any atom is -0.444 e. The summed E-state index contributed by atoms with van der Waals surface area (Å²) in [5, 5.41) is 22.5. The molecule has 22 heteroatoms. The van der Waals surface area contributed by atoms with Crippen molar-refractivity contribution >= 4 is 47.6 Å². The van der Waals surface area contributed by atoms with Gasteiger partial charge in [-0.25, -0.2) is 9.59 Å². The highest BCUT2D eigenvalue weighted by molar-refractivity contribution is 5.95. The van der Waals surface area contributed by atoms with Crippen LogP contribution in [0, 0.1) is 11.8 Å². The van der Waals surface area contributed by atoms with Gasteiger partial charge in [-0.2, -0.15) is 0 Å². The molecule has 3 aliphatic heterocycles. The molecule has 3 saturated heterocycles. The Labute approximate surface area is 445 Å². The number of rotatable bonds is 12.